The van der Waals surface area contributed by atoms with E-state index in [1.165, 1.54) is 165 Å². The molecule has 0 amide bonds. The van der Waals surface area contributed by atoms with E-state index < -0.39 is 0 Å². The first-order valence-corrected chi connectivity index (χ1v) is 31.0. The van der Waals surface area contributed by atoms with Crippen molar-refractivity contribution in [3.05, 3.63) is 222 Å². The lowest BCUT2D eigenvalue weighted by atomic mass is 9.33. The molecule has 13 aromatic carbocycles. The van der Waals surface area contributed by atoms with Crippen LogP contribution in [0.1, 0.15) is 132 Å². The topological polar surface area (TPSA) is 6.48 Å². The summed E-state index contributed by atoms with van der Waals surface area (Å²) in [5, 5.41) is 17.8. The molecule has 0 saturated carbocycles. The van der Waals surface area contributed by atoms with Gasteiger partial charge in [0.1, 0.15) is 0 Å². The molecule has 13 aromatic rings. The van der Waals surface area contributed by atoms with Crippen LogP contribution in [0.5, 0.6) is 0 Å². The van der Waals surface area contributed by atoms with Gasteiger partial charge in [-0.05, 0) is 231 Å². The molecule has 0 spiro atoms. The van der Waals surface area contributed by atoms with E-state index in [2.05, 4.69) is 308 Å². The Balaban J connectivity index is 1.13. The van der Waals surface area contributed by atoms with Gasteiger partial charge in [0.25, 0.3) is 6.71 Å². The molecule has 3 heteroatoms. The first-order valence-electron chi connectivity index (χ1n) is 31.0. The second-order valence-electron chi connectivity index (χ2n) is 30.4. The number of nitrogens with zero attached hydrogens (tertiary/aromatic N) is 2. The molecule has 15 rings (SSSR count). The summed E-state index contributed by atoms with van der Waals surface area (Å²) in [5.74, 6) is 0. The first kappa shape index (κ1) is 53.3. The molecule has 0 unspecified atom stereocenters. The highest BCUT2D eigenvalue weighted by Gasteiger charge is 2.45. The van der Waals surface area contributed by atoms with E-state index in [4.69, 9.17) is 0 Å². The highest BCUT2D eigenvalue weighted by atomic mass is 15.2. The third kappa shape index (κ3) is 8.57. The van der Waals surface area contributed by atoms with Gasteiger partial charge in [-0.1, -0.05) is 225 Å². The molecule has 0 saturated heterocycles. The van der Waals surface area contributed by atoms with Crippen LogP contribution in [-0.2, 0) is 27.1 Å². The fraction of sp³-hybridized carbons (Fsp3) is 0.244. The number of hydrogen-bond acceptors (Lipinski definition) is 2. The van der Waals surface area contributed by atoms with Crippen molar-refractivity contribution in [3.63, 3.8) is 0 Å². The van der Waals surface area contributed by atoms with E-state index >= 15 is 0 Å². The van der Waals surface area contributed by atoms with Gasteiger partial charge in [0.2, 0.25) is 0 Å². The van der Waals surface area contributed by atoms with Crippen LogP contribution >= 0.6 is 0 Å². The van der Waals surface area contributed by atoms with E-state index in [-0.39, 0.29) is 33.8 Å². The van der Waals surface area contributed by atoms with E-state index in [0.29, 0.717) is 0 Å². The highest BCUT2D eigenvalue weighted by molar-refractivity contribution is 7.00. The monoisotopic (exact) mass is 1100 g/mol. The quantitative estimate of drug-likeness (QED) is 0.0988. The molecule has 85 heavy (non-hydrogen) atoms. The average Bonchev–Trinajstić information content (AvgIpc) is 0.843. The van der Waals surface area contributed by atoms with Gasteiger partial charge >= 0.3 is 0 Å². The molecule has 2 heterocycles. The maximum absolute atomic E-state index is 2.70. The second kappa shape index (κ2) is 18.1. The zero-order valence-electron chi connectivity index (χ0n) is 52.4. The van der Waals surface area contributed by atoms with Crippen molar-refractivity contribution in [1.82, 2.24) is 0 Å². The number of hydrogen-bond donors (Lipinski definition) is 0. The molecule has 0 N–H and O–H groups in total. The number of fused-ring (bicyclic) bond motifs is 8. The minimum atomic E-state index is -0.111. The van der Waals surface area contributed by atoms with Gasteiger partial charge < -0.3 is 9.80 Å². The third-order valence-corrected chi connectivity index (χ3v) is 19.3. The molecule has 0 bridgehead atoms. The Kier molecular flexibility index (Phi) is 11.3. The minimum Gasteiger partial charge on any atom is -0.311 e. The van der Waals surface area contributed by atoms with Crippen molar-refractivity contribution in [3.8, 4) is 11.1 Å². The molecular weight excluding hydrogens is 1020 g/mol. The Morgan fingerprint density at radius 2 is 0.624 bits per heavy atom. The van der Waals surface area contributed by atoms with Gasteiger partial charge in [-0.25, -0.2) is 0 Å². The summed E-state index contributed by atoms with van der Waals surface area (Å²) in [4.78, 5) is 5.39. The average molecular weight is 1100 g/mol. The summed E-state index contributed by atoms with van der Waals surface area (Å²) in [6, 6.07) is 77.1. The van der Waals surface area contributed by atoms with E-state index in [1.807, 2.05) is 0 Å². The van der Waals surface area contributed by atoms with Gasteiger partial charge in [0.05, 0.1) is 0 Å². The van der Waals surface area contributed by atoms with Crippen LogP contribution in [0.25, 0.3) is 86.5 Å². The van der Waals surface area contributed by atoms with Crippen LogP contribution in [0.15, 0.2) is 194 Å². The Bertz CT molecular complexity index is 4670. The standard InChI is InChI=1S/C82H77BN2/c1-78(2,3)60-34-53-25-24-48-26-28-67(68-29-27-54(35-60)75(53)76(48)68)59-40-73-77-74(41-59)85(66-46-63(81(10,11)12)43-64(47-66)82(13,14)15)72-39-58-33-52-23-19-17-21-50(52)31-56(58)37-70(72)83(77)69-36-55-30-49-20-16-18-22-51(49)32-57(55)38-71(69)84(73)65-44-61(79(4,5)6)42-62(45-65)80(7,8)9/h16-47H,1-15H3. The molecule has 0 aromatic heterocycles. The molecule has 2 aliphatic heterocycles. The van der Waals surface area contributed by atoms with Crippen LogP contribution < -0.4 is 26.2 Å². The van der Waals surface area contributed by atoms with Gasteiger partial charge in [-0.2, -0.15) is 0 Å². The smallest absolute Gasteiger partial charge is 0.252 e. The number of anilines is 6. The Morgan fingerprint density at radius 3 is 1.02 bits per heavy atom. The van der Waals surface area contributed by atoms with Gasteiger partial charge in [-0.3, -0.25) is 0 Å². The lowest BCUT2D eigenvalue weighted by Crippen LogP contribution is -2.61. The van der Waals surface area contributed by atoms with E-state index in [9.17, 15) is 0 Å². The fourth-order valence-electron chi connectivity index (χ4n) is 14.3. The van der Waals surface area contributed by atoms with Crippen LogP contribution in [-0.4, -0.2) is 6.71 Å². The van der Waals surface area contributed by atoms with Crippen LogP contribution in [0.3, 0.4) is 0 Å². The van der Waals surface area contributed by atoms with Crippen molar-refractivity contribution in [1.29, 1.82) is 0 Å². The maximum Gasteiger partial charge on any atom is 0.252 e. The normalized spacial score (nSPS) is 14.0. The van der Waals surface area contributed by atoms with Gasteiger partial charge in [0, 0.05) is 34.1 Å². The molecule has 0 atom stereocenters. The van der Waals surface area contributed by atoms with Gasteiger partial charge in [0.15, 0.2) is 0 Å². The minimum absolute atomic E-state index is 0.0210. The van der Waals surface area contributed by atoms with Crippen molar-refractivity contribution >= 4 is 133 Å². The summed E-state index contributed by atoms with van der Waals surface area (Å²) in [7, 11) is 0. The molecule has 418 valence electrons. The number of benzene rings is 13. The summed E-state index contributed by atoms with van der Waals surface area (Å²) in [5.41, 5.74) is 19.9. The maximum atomic E-state index is 2.70. The lowest BCUT2D eigenvalue weighted by molar-refractivity contribution is 0.568. The summed E-state index contributed by atoms with van der Waals surface area (Å²) >= 11 is 0. The van der Waals surface area contributed by atoms with Crippen molar-refractivity contribution in [2.75, 3.05) is 9.80 Å². The molecule has 0 aliphatic carbocycles. The van der Waals surface area contributed by atoms with Crippen molar-refractivity contribution in [2.45, 2.75) is 131 Å². The molecule has 0 fully saturated rings. The molecular formula is C82H77BN2. The highest BCUT2D eigenvalue weighted by Crippen LogP contribution is 2.51. The first-order chi connectivity index (χ1) is 40.2. The zero-order chi connectivity index (χ0) is 59.2. The largest absolute Gasteiger partial charge is 0.311 e. The number of rotatable bonds is 3. The van der Waals surface area contributed by atoms with Gasteiger partial charge in [-0.15, -0.1) is 0 Å². The fourth-order valence-corrected chi connectivity index (χ4v) is 14.3. The summed E-state index contributed by atoms with van der Waals surface area (Å²) in [6.45, 7) is 35.4. The van der Waals surface area contributed by atoms with Crippen LogP contribution in [0.2, 0.25) is 0 Å². The van der Waals surface area contributed by atoms with Crippen molar-refractivity contribution in [2.24, 2.45) is 0 Å². The van der Waals surface area contributed by atoms with E-state index in [1.54, 1.807) is 0 Å². The summed E-state index contributed by atoms with van der Waals surface area (Å²) < 4.78 is 0. The zero-order valence-corrected chi connectivity index (χ0v) is 52.4. The molecule has 0 radical (unpaired) electrons. The third-order valence-electron chi connectivity index (χ3n) is 19.3. The van der Waals surface area contributed by atoms with Crippen LogP contribution in [0, 0.1) is 0 Å². The van der Waals surface area contributed by atoms with Crippen LogP contribution in [0.4, 0.5) is 34.1 Å². The lowest BCUT2D eigenvalue weighted by Gasteiger charge is -2.45. The summed E-state index contributed by atoms with van der Waals surface area (Å²) in [6.07, 6.45) is 0. The van der Waals surface area contributed by atoms with E-state index in [0.717, 1.165) is 0 Å². The Hall–Kier alpha value is -8.40. The second-order valence-corrected chi connectivity index (χ2v) is 30.4. The predicted octanol–water partition coefficient (Wildman–Crippen LogP) is 21.4. The Labute approximate surface area is 503 Å². The van der Waals surface area contributed by atoms with Crippen molar-refractivity contribution < 1.29 is 0 Å². The Morgan fingerprint density at radius 1 is 0.271 bits per heavy atom. The SMILES string of the molecule is CC(C)(C)c1cc(N2c3cc4cc5ccccc5cc4cc3B3c4cc5cc6ccccc6cc5cc4N(c4cc(C(C)(C)C)cc(C(C)(C)C)c4)c4cc(-c5ccc6ccc7cc(C(C)(C)C)cc8ccc5c6c78)cc2c43)cc(C(C)(C)C)c1. The predicted molar refractivity (Wildman–Crippen MR) is 373 cm³/mol. The molecule has 2 aliphatic rings. The molecule has 2 nitrogen and oxygen atoms in total.